The number of rotatable bonds is 4. The van der Waals surface area contributed by atoms with Crippen molar-refractivity contribution in [1.29, 1.82) is 0 Å². The van der Waals surface area contributed by atoms with Crippen molar-refractivity contribution in [3.63, 3.8) is 0 Å². The molecule has 0 bridgehead atoms. The Morgan fingerprint density at radius 3 is 3.00 bits per heavy atom. The predicted molar refractivity (Wildman–Crippen MR) is 83.5 cm³/mol. The standard InChI is InChI=1S/C14H20N4O2S/c1-18-5-4-10(9-18)7-17-21(19,20)14-8-16-13-3-2-11(15)6-12(13)14/h2-3,6,8,10,16-17H,4-5,7,9,15H2,1H3. The van der Waals surface area contributed by atoms with E-state index in [0.717, 1.165) is 25.0 Å². The Balaban J connectivity index is 1.81. The van der Waals surface area contributed by atoms with Crippen molar-refractivity contribution in [2.75, 3.05) is 32.4 Å². The molecule has 3 rings (SSSR count). The lowest BCUT2D eigenvalue weighted by molar-refractivity contribution is 0.394. The second-order valence-corrected chi connectivity index (χ2v) is 7.46. The zero-order valence-corrected chi connectivity index (χ0v) is 12.8. The smallest absolute Gasteiger partial charge is 0.242 e. The van der Waals surface area contributed by atoms with E-state index >= 15 is 0 Å². The van der Waals surface area contributed by atoms with Crippen molar-refractivity contribution in [2.24, 2.45) is 5.92 Å². The van der Waals surface area contributed by atoms with E-state index in [1.54, 1.807) is 18.2 Å². The first kappa shape index (κ1) is 14.4. The Labute approximate surface area is 124 Å². The maximum Gasteiger partial charge on any atom is 0.242 e. The highest BCUT2D eigenvalue weighted by Gasteiger charge is 2.24. The van der Waals surface area contributed by atoms with Crippen molar-refractivity contribution in [3.05, 3.63) is 24.4 Å². The lowest BCUT2D eigenvalue weighted by Gasteiger charge is -2.11. The Morgan fingerprint density at radius 2 is 2.29 bits per heavy atom. The molecule has 1 atom stereocenters. The number of nitrogens with one attached hydrogen (secondary N) is 2. The number of hydrogen-bond acceptors (Lipinski definition) is 4. The number of aromatic nitrogens is 1. The third kappa shape index (κ3) is 2.90. The number of nitrogen functional groups attached to an aromatic ring is 1. The molecule has 1 aliphatic heterocycles. The molecule has 0 saturated carbocycles. The van der Waals surface area contributed by atoms with Crippen LogP contribution < -0.4 is 10.5 Å². The van der Waals surface area contributed by atoms with Crippen molar-refractivity contribution >= 4 is 26.6 Å². The number of nitrogens with zero attached hydrogens (tertiary/aromatic N) is 1. The quantitative estimate of drug-likeness (QED) is 0.734. The van der Waals surface area contributed by atoms with Crippen LogP contribution in [0.4, 0.5) is 5.69 Å². The van der Waals surface area contributed by atoms with Crippen LogP contribution >= 0.6 is 0 Å². The Morgan fingerprint density at radius 1 is 1.48 bits per heavy atom. The van der Waals surface area contributed by atoms with Gasteiger partial charge in [-0.05, 0) is 44.1 Å². The molecule has 1 aromatic carbocycles. The summed E-state index contributed by atoms with van der Waals surface area (Å²) >= 11 is 0. The van der Waals surface area contributed by atoms with Crippen molar-refractivity contribution in [3.8, 4) is 0 Å². The maximum atomic E-state index is 12.5. The van der Waals surface area contributed by atoms with E-state index in [1.165, 1.54) is 6.20 Å². The molecule has 1 aliphatic rings. The minimum atomic E-state index is -3.52. The summed E-state index contributed by atoms with van der Waals surface area (Å²) in [7, 11) is -1.47. The number of fused-ring (bicyclic) bond motifs is 1. The predicted octanol–water partition coefficient (Wildman–Crippen LogP) is 0.980. The van der Waals surface area contributed by atoms with Gasteiger partial charge in [0.1, 0.15) is 4.90 Å². The van der Waals surface area contributed by atoms with Gasteiger partial charge in [0, 0.05) is 35.9 Å². The minimum Gasteiger partial charge on any atom is -0.399 e. The molecule has 6 nitrogen and oxygen atoms in total. The summed E-state index contributed by atoms with van der Waals surface area (Å²) in [5.74, 6) is 0.375. The van der Waals surface area contributed by atoms with E-state index in [1.807, 2.05) is 0 Å². The topological polar surface area (TPSA) is 91.2 Å². The minimum absolute atomic E-state index is 0.260. The zero-order chi connectivity index (χ0) is 15.0. The lowest BCUT2D eigenvalue weighted by atomic mass is 10.1. The number of sulfonamides is 1. The Bertz CT molecular complexity index is 753. The fourth-order valence-corrected chi connectivity index (χ4v) is 4.12. The van der Waals surface area contributed by atoms with Crippen LogP contribution in [0.15, 0.2) is 29.3 Å². The summed E-state index contributed by atoms with van der Waals surface area (Å²) in [6, 6.07) is 5.22. The number of hydrogen-bond donors (Lipinski definition) is 3. The molecule has 0 aliphatic carbocycles. The second-order valence-electron chi connectivity index (χ2n) is 5.73. The van der Waals surface area contributed by atoms with Gasteiger partial charge in [-0.25, -0.2) is 13.1 Å². The Hall–Kier alpha value is -1.57. The van der Waals surface area contributed by atoms with Gasteiger partial charge in [0.25, 0.3) is 0 Å². The summed E-state index contributed by atoms with van der Waals surface area (Å²) in [6.45, 7) is 2.43. The summed E-state index contributed by atoms with van der Waals surface area (Å²) in [5, 5.41) is 0.631. The summed E-state index contributed by atoms with van der Waals surface area (Å²) in [5.41, 5.74) is 7.07. The molecule has 4 N–H and O–H groups in total. The summed E-state index contributed by atoms with van der Waals surface area (Å²) in [6.07, 6.45) is 2.55. The molecule has 114 valence electrons. The first-order chi connectivity index (χ1) is 9.95. The highest BCUT2D eigenvalue weighted by molar-refractivity contribution is 7.89. The fourth-order valence-electron chi connectivity index (χ4n) is 2.83. The number of H-pyrrole nitrogens is 1. The van der Waals surface area contributed by atoms with E-state index in [4.69, 9.17) is 5.73 Å². The molecule has 7 heteroatoms. The van der Waals surface area contributed by atoms with Crippen LogP contribution in [0.2, 0.25) is 0 Å². The van der Waals surface area contributed by atoms with E-state index in [9.17, 15) is 8.42 Å². The SMILES string of the molecule is CN1CCC(CNS(=O)(=O)c2c[nH]c3ccc(N)cc23)C1. The van der Waals surface area contributed by atoms with Gasteiger partial charge in [0.05, 0.1) is 0 Å². The van der Waals surface area contributed by atoms with E-state index in [0.29, 0.717) is 23.5 Å². The van der Waals surface area contributed by atoms with Crippen molar-refractivity contribution in [1.82, 2.24) is 14.6 Å². The molecule has 0 radical (unpaired) electrons. The maximum absolute atomic E-state index is 12.5. The summed E-state index contributed by atoms with van der Waals surface area (Å²) in [4.78, 5) is 5.45. The number of nitrogens with two attached hydrogens (primary N) is 1. The van der Waals surface area contributed by atoms with Crippen molar-refractivity contribution in [2.45, 2.75) is 11.3 Å². The molecular formula is C14H20N4O2S. The van der Waals surface area contributed by atoms with Crippen LogP contribution in [0.3, 0.4) is 0 Å². The molecule has 2 aromatic rings. The van der Waals surface area contributed by atoms with Crippen LogP contribution in [0, 0.1) is 5.92 Å². The average molecular weight is 308 g/mol. The van der Waals surface area contributed by atoms with Gasteiger partial charge in [0.15, 0.2) is 0 Å². The molecule has 1 unspecified atom stereocenters. The van der Waals surface area contributed by atoms with Gasteiger partial charge >= 0.3 is 0 Å². The van der Waals surface area contributed by atoms with Gasteiger partial charge in [0.2, 0.25) is 10.0 Å². The van der Waals surface area contributed by atoms with Crippen molar-refractivity contribution < 1.29 is 8.42 Å². The van der Waals surface area contributed by atoms with E-state index < -0.39 is 10.0 Å². The van der Waals surface area contributed by atoms with Gasteiger partial charge in [-0.1, -0.05) is 0 Å². The first-order valence-electron chi connectivity index (χ1n) is 7.00. The third-order valence-electron chi connectivity index (χ3n) is 4.01. The molecular weight excluding hydrogens is 288 g/mol. The normalized spacial score (nSPS) is 20.3. The number of aromatic amines is 1. The van der Waals surface area contributed by atoms with Gasteiger partial charge in [-0.3, -0.25) is 0 Å². The Kier molecular flexibility index (Phi) is 3.64. The highest BCUT2D eigenvalue weighted by Crippen LogP contribution is 2.25. The van der Waals surface area contributed by atoms with Crippen LogP contribution in [0.1, 0.15) is 6.42 Å². The first-order valence-corrected chi connectivity index (χ1v) is 8.49. The van der Waals surface area contributed by atoms with Gasteiger partial charge in [-0.2, -0.15) is 0 Å². The molecule has 1 saturated heterocycles. The van der Waals surface area contributed by atoms with Crippen LogP contribution in [-0.4, -0.2) is 45.0 Å². The summed E-state index contributed by atoms with van der Waals surface area (Å²) < 4.78 is 27.7. The number of likely N-dealkylation sites (tertiary alicyclic amines) is 1. The third-order valence-corrected chi connectivity index (χ3v) is 5.47. The van der Waals surface area contributed by atoms with Gasteiger partial charge in [-0.15, -0.1) is 0 Å². The average Bonchev–Trinajstić information content (AvgIpc) is 3.02. The molecule has 21 heavy (non-hydrogen) atoms. The van der Waals surface area contributed by atoms with Crippen LogP contribution in [-0.2, 0) is 10.0 Å². The number of benzene rings is 1. The highest BCUT2D eigenvalue weighted by atomic mass is 32.2. The lowest BCUT2D eigenvalue weighted by Crippen LogP contribution is -2.30. The molecule has 1 fully saturated rings. The second kappa shape index (κ2) is 5.32. The van der Waals surface area contributed by atoms with Crippen LogP contribution in [0.5, 0.6) is 0 Å². The fraction of sp³-hybridized carbons (Fsp3) is 0.429. The molecule has 1 aromatic heterocycles. The molecule has 0 amide bonds. The monoisotopic (exact) mass is 308 g/mol. The van der Waals surface area contributed by atoms with E-state index in [-0.39, 0.29) is 4.90 Å². The largest absolute Gasteiger partial charge is 0.399 e. The van der Waals surface area contributed by atoms with Gasteiger partial charge < -0.3 is 15.6 Å². The zero-order valence-electron chi connectivity index (χ0n) is 12.0. The number of anilines is 1. The van der Waals surface area contributed by atoms with E-state index in [2.05, 4.69) is 21.7 Å². The molecule has 2 heterocycles. The molecule has 0 spiro atoms. The van der Waals surface area contributed by atoms with Crippen LogP contribution in [0.25, 0.3) is 10.9 Å².